The van der Waals surface area contributed by atoms with Gasteiger partial charge in [-0.25, -0.2) is 0 Å². The van der Waals surface area contributed by atoms with E-state index in [9.17, 15) is 0 Å². The molecule has 0 fully saturated rings. The smallest absolute Gasteiger partial charge is 0.119 e. The van der Waals surface area contributed by atoms with E-state index >= 15 is 0 Å². The van der Waals surface area contributed by atoms with Crippen LogP contribution in [0.5, 0.6) is 5.75 Å². The molecule has 0 saturated heterocycles. The van der Waals surface area contributed by atoms with Crippen molar-refractivity contribution < 1.29 is 9.47 Å². The summed E-state index contributed by atoms with van der Waals surface area (Å²) in [4.78, 5) is 0. The highest BCUT2D eigenvalue weighted by Crippen LogP contribution is 2.10. The average Bonchev–Trinajstić information content (AvgIpc) is 2.21. The molecule has 0 N–H and O–H groups in total. The van der Waals surface area contributed by atoms with Gasteiger partial charge in [0.25, 0.3) is 0 Å². The average molecular weight is 214 g/mol. The van der Waals surface area contributed by atoms with E-state index < -0.39 is 0 Å². The molecule has 3 heteroatoms. The third-order valence-electron chi connectivity index (χ3n) is 1.64. The zero-order chi connectivity index (χ0) is 10.2. The normalized spacial score (nSPS) is 10.1. The number of hydrogen-bond donors (Lipinski definition) is 0. The molecule has 0 amide bonds. The minimum absolute atomic E-state index is 0.524. The van der Waals surface area contributed by atoms with Crippen molar-refractivity contribution in [3.8, 4) is 5.75 Å². The van der Waals surface area contributed by atoms with Crippen molar-refractivity contribution in [3.63, 3.8) is 0 Å². The molecular formula is C11H14ClO2. The molecule has 0 aliphatic rings. The lowest BCUT2D eigenvalue weighted by molar-refractivity contribution is 0.111. The Kier molecular flexibility index (Phi) is 5.42. The van der Waals surface area contributed by atoms with E-state index in [4.69, 9.17) is 21.1 Å². The van der Waals surface area contributed by atoms with Gasteiger partial charge in [-0.3, -0.25) is 0 Å². The molecule has 1 rings (SSSR count). The molecule has 1 aromatic rings. The third kappa shape index (κ3) is 4.49. The fourth-order valence-corrected chi connectivity index (χ4v) is 1.07. The fourth-order valence-electron chi connectivity index (χ4n) is 0.961. The molecule has 77 valence electrons. The van der Waals surface area contributed by atoms with Crippen LogP contribution < -0.4 is 4.74 Å². The lowest BCUT2D eigenvalue weighted by Crippen LogP contribution is -2.07. The van der Waals surface area contributed by atoms with Gasteiger partial charge in [0, 0.05) is 5.88 Å². The van der Waals surface area contributed by atoms with Crippen LogP contribution in [0.3, 0.4) is 0 Å². The van der Waals surface area contributed by atoms with Crippen LogP contribution in [-0.2, 0) is 4.74 Å². The number of hydrogen-bond acceptors (Lipinski definition) is 2. The molecule has 0 aromatic heterocycles. The maximum absolute atomic E-state index is 5.44. The first-order chi connectivity index (χ1) is 6.83. The quantitative estimate of drug-likeness (QED) is 0.534. The van der Waals surface area contributed by atoms with Crippen molar-refractivity contribution in [2.45, 2.75) is 0 Å². The first-order valence-corrected chi connectivity index (χ1v) is 5.05. The molecular weight excluding hydrogens is 200 g/mol. The van der Waals surface area contributed by atoms with Crippen molar-refractivity contribution in [1.82, 2.24) is 0 Å². The first-order valence-electron chi connectivity index (χ1n) is 4.51. The van der Waals surface area contributed by atoms with Crippen molar-refractivity contribution in [3.05, 3.63) is 36.8 Å². The summed E-state index contributed by atoms with van der Waals surface area (Å²) in [6.45, 7) is 5.48. The molecule has 0 heterocycles. The summed E-state index contributed by atoms with van der Waals surface area (Å²) in [5, 5.41) is 0. The number of rotatable bonds is 6. The van der Waals surface area contributed by atoms with Gasteiger partial charge in [0.15, 0.2) is 0 Å². The van der Waals surface area contributed by atoms with Crippen LogP contribution in [0.1, 0.15) is 5.56 Å². The van der Waals surface area contributed by atoms with E-state index in [0.717, 1.165) is 11.3 Å². The standard InChI is InChI=1S/C11H14ClO2/c1-10-2-4-11(5-3-10)14-9-8-13-7-6-12/h2-5H,1,6-9H2. The molecule has 0 aliphatic heterocycles. The van der Waals surface area contributed by atoms with E-state index in [-0.39, 0.29) is 0 Å². The summed E-state index contributed by atoms with van der Waals surface area (Å²) < 4.78 is 10.6. The van der Waals surface area contributed by atoms with Gasteiger partial charge in [-0.15, -0.1) is 11.6 Å². The van der Waals surface area contributed by atoms with E-state index in [1.54, 1.807) is 0 Å². The summed E-state index contributed by atoms with van der Waals surface area (Å²) in [6, 6.07) is 7.61. The van der Waals surface area contributed by atoms with Crippen LogP contribution in [0.25, 0.3) is 0 Å². The Bertz CT molecular complexity index is 246. The van der Waals surface area contributed by atoms with Crippen LogP contribution >= 0.6 is 11.6 Å². The van der Waals surface area contributed by atoms with Crippen molar-refractivity contribution >= 4 is 11.6 Å². The molecule has 0 aliphatic carbocycles. The van der Waals surface area contributed by atoms with Crippen molar-refractivity contribution in [2.24, 2.45) is 0 Å². The minimum Gasteiger partial charge on any atom is -0.491 e. The maximum atomic E-state index is 5.44. The second-order valence-electron chi connectivity index (χ2n) is 2.79. The molecule has 14 heavy (non-hydrogen) atoms. The molecule has 0 unspecified atom stereocenters. The van der Waals surface area contributed by atoms with Crippen LogP contribution in [0.4, 0.5) is 0 Å². The summed E-state index contributed by atoms with van der Waals surface area (Å²) in [5.41, 5.74) is 0.982. The molecule has 0 spiro atoms. The van der Waals surface area contributed by atoms with E-state index in [1.165, 1.54) is 0 Å². The van der Waals surface area contributed by atoms with Gasteiger partial charge in [0.2, 0.25) is 0 Å². The van der Waals surface area contributed by atoms with Crippen LogP contribution in [-0.4, -0.2) is 25.7 Å². The Balaban J connectivity index is 2.15. The van der Waals surface area contributed by atoms with E-state index in [2.05, 4.69) is 6.92 Å². The summed E-state index contributed by atoms with van der Waals surface area (Å²) in [7, 11) is 0. The maximum Gasteiger partial charge on any atom is 0.119 e. The van der Waals surface area contributed by atoms with Crippen molar-refractivity contribution in [2.75, 3.05) is 25.7 Å². The lowest BCUT2D eigenvalue weighted by Gasteiger charge is -2.06. The summed E-state index contributed by atoms with van der Waals surface area (Å²) in [6.07, 6.45) is 0. The highest BCUT2D eigenvalue weighted by Gasteiger charge is 1.92. The summed E-state index contributed by atoms with van der Waals surface area (Å²) >= 11 is 5.44. The topological polar surface area (TPSA) is 18.5 Å². The number of benzene rings is 1. The van der Waals surface area contributed by atoms with Crippen LogP contribution in [0.2, 0.25) is 0 Å². The van der Waals surface area contributed by atoms with Crippen LogP contribution in [0, 0.1) is 6.92 Å². The Hall–Kier alpha value is -0.730. The number of ether oxygens (including phenoxy) is 2. The van der Waals surface area contributed by atoms with Gasteiger partial charge in [0.1, 0.15) is 12.4 Å². The monoisotopic (exact) mass is 213 g/mol. The summed E-state index contributed by atoms with van der Waals surface area (Å²) in [5.74, 6) is 1.36. The van der Waals surface area contributed by atoms with E-state index in [0.29, 0.717) is 25.7 Å². The second-order valence-corrected chi connectivity index (χ2v) is 3.17. The lowest BCUT2D eigenvalue weighted by atomic mass is 10.2. The van der Waals surface area contributed by atoms with Gasteiger partial charge in [-0.2, -0.15) is 0 Å². The van der Waals surface area contributed by atoms with Gasteiger partial charge in [-0.05, 0) is 24.6 Å². The van der Waals surface area contributed by atoms with Crippen molar-refractivity contribution in [1.29, 1.82) is 0 Å². The Morgan fingerprint density at radius 3 is 2.43 bits per heavy atom. The van der Waals surface area contributed by atoms with Gasteiger partial charge >= 0.3 is 0 Å². The molecule has 0 bridgehead atoms. The van der Waals surface area contributed by atoms with Gasteiger partial charge in [-0.1, -0.05) is 12.1 Å². The molecule has 1 radical (unpaired) electrons. The number of alkyl halides is 1. The Morgan fingerprint density at radius 2 is 1.79 bits per heavy atom. The second kappa shape index (κ2) is 6.68. The van der Waals surface area contributed by atoms with Crippen LogP contribution in [0.15, 0.2) is 24.3 Å². The van der Waals surface area contributed by atoms with Gasteiger partial charge < -0.3 is 9.47 Å². The first kappa shape index (κ1) is 11.3. The highest BCUT2D eigenvalue weighted by molar-refractivity contribution is 6.17. The predicted octanol–water partition coefficient (Wildman–Crippen LogP) is 2.50. The zero-order valence-corrected chi connectivity index (χ0v) is 8.80. The highest BCUT2D eigenvalue weighted by atomic mass is 35.5. The Labute approximate surface area is 89.8 Å². The van der Waals surface area contributed by atoms with Gasteiger partial charge in [0.05, 0.1) is 13.2 Å². The molecule has 0 atom stereocenters. The number of halogens is 1. The Morgan fingerprint density at radius 1 is 1.07 bits per heavy atom. The van der Waals surface area contributed by atoms with E-state index in [1.807, 2.05) is 24.3 Å². The zero-order valence-electron chi connectivity index (χ0n) is 8.04. The molecule has 0 saturated carbocycles. The fraction of sp³-hybridized carbons (Fsp3) is 0.364. The molecule has 1 aromatic carbocycles. The SMILES string of the molecule is [CH2]c1ccc(OCCOCCCl)cc1. The minimum atomic E-state index is 0.524. The largest absolute Gasteiger partial charge is 0.491 e. The molecule has 2 nitrogen and oxygen atoms in total. The third-order valence-corrected chi connectivity index (χ3v) is 1.80. The predicted molar refractivity (Wildman–Crippen MR) is 57.9 cm³/mol.